The van der Waals surface area contributed by atoms with Crippen LogP contribution in [0.2, 0.25) is 8.67 Å². The fourth-order valence-corrected chi connectivity index (χ4v) is 5.33. The van der Waals surface area contributed by atoms with Crippen LogP contribution < -0.4 is 4.72 Å². The maximum Gasteiger partial charge on any atom is 0.264 e. The molecule has 0 radical (unpaired) electrons. The van der Waals surface area contributed by atoms with Gasteiger partial charge in [0.15, 0.2) is 9.84 Å². The number of hydrogen-bond donors (Lipinski definition) is 1. The van der Waals surface area contributed by atoms with Crippen molar-refractivity contribution in [3.8, 4) is 0 Å². The van der Waals surface area contributed by atoms with Crippen LogP contribution in [0.3, 0.4) is 0 Å². The molecule has 21 heavy (non-hydrogen) atoms. The monoisotopic (exact) mass is 385 g/mol. The predicted octanol–water partition coefficient (Wildman–Crippen LogP) is 3.26. The van der Waals surface area contributed by atoms with Crippen LogP contribution in [-0.2, 0) is 19.9 Å². The molecule has 0 saturated heterocycles. The largest absolute Gasteiger partial charge is 0.280 e. The predicted molar refractivity (Wildman–Crippen MR) is 84.7 cm³/mol. The second-order valence-corrected chi connectivity index (χ2v) is 10.0. The average molecular weight is 386 g/mol. The summed E-state index contributed by atoms with van der Waals surface area (Å²) >= 11 is 12.5. The van der Waals surface area contributed by atoms with Crippen molar-refractivity contribution in [1.82, 2.24) is 0 Å². The van der Waals surface area contributed by atoms with Crippen molar-refractivity contribution in [2.45, 2.75) is 9.79 Å². The van der Waals surface area contributed by atoms with Gasteiger partial charge in [0, 0.05) is 11.9 Å². The zero-order valence-electron chi connectivity index (χ0n) is 10.5. The molecule has 2 rings (SSSR count). The topological polar surface area (TPSA) is 80.3 Å². The van der Waals surface area contributed by atoms with Crippen molar-refractivity contribution in [1.29, 1.82) is 0 Å². The summed E-state index contributed by atoms with van der Waals surface area (Å²) in [6, 6.07) is 6.60. The number of anilines is 1. The zero-order valence-corrected chi connectivity index (χ0v) is 14.5. The standard InChI is InChI=1S/C11H9Cl2NO4S3/c1-20(15,16)8-4-2-7(3-5-8)14-21(17,18)9-6-10(12)19-11(9)13/h2-6,14H,1H3. The van der Waals surface area contributed by atoms with Crippen LogP contribution in [0.15, 0.2) is 40.1 Å². The number of nitrogens with one attached hydrogen (secondary N) is 1. The summed E-state index contributed by atoms with van der Waals surface area (Å²) in [5, 5.41) is 0. The number of halogens is 2. The molecule has 0 unspecified atom stereocenters. The van der Waals surface area contributed by atoms with Crippen LogP contribution in [0.5, 0.6) is 0 Å². The molecule has 0 atom stereocenters. The number of rotatable bonds is 4. The van der Waals surface area contributed by atoms with Gasteiger partial charge in [-0.1, -0.05) is 23.2 Å². The first-order valence-corrected chi connectivity index (χ1v) is 10.3. The first-order valence-electron chi connectivity index (χ1n) is 5.37. The molecule has 0 amide bonds. The number of sulfone groups is 1. The van der Waals surface area contributed by atoms with Gasteiger partial charge in [0.05, 0.1) is 9.23 Å². The SMILES string of the molecule is CS(=O)(=O)c1ccc(NS(=O)(=O)c2cc(Cl)sc2Cl)cc1. The molecule has 5 nitrogen and oxygen atoms in total. The lowest BCUT2D eigenvalue weighted by atomic mass is 10.3. The third-order valence-corrected chi connectivity index (χ3v) is 6.71. The quantitative estimate of drug-likeness (QED) is 0.875. The first-order chi connectivity index (χ1) is 9.59. The Morgan fingerprint density at radius 2 is 1.62 bits per heavy atom. The third-order valence-electron chi connectivity index (χ3n) is 2.45. The van der Waals surface area contributed by atoms with Crippen LogP contribution in [-0.4, -0.2) is 23.1 Å². The van der Waals surface area contributed by atoms with Gasteiger partial charge in [-0.3, -0.25) is 4.72 Å². The Hall–Kier alpha value is -0.800. The molecule has 1 aromatic carbocycles. The summed E-state index contributed by atoms with van der Waals surface area (Å²) < 4.78 is 49.6. The highest BCUT2D eigenvalue weighted by Crippen LogP contribution is 2.35. The van der Waals surface area contributed by atoms with E-state index >= 15 is 0 Å². The smallest absolute Gasteiger partial charge is 0.264 e. The van der Waals surface area contributed by atoms with E-state index in [0.29, 0.717) is 0 Å². The van der Waals surface area contributed by atoms with E-state index in [1.807, 2.05) is 0 Å². The molecule has 1 aromatic heterocycles. The lowest BCUT2D eigenvalue weighted by molar-refractivity contribution is 0.600. The van der Waals surface area contributed by atoms with Gasteiger partial charge in [0.25, 0.3) is 10.0 Å². The zero-order chi connectivity index (χ0) is 15.8. The van der Waals surface area contributed by atoms with Crippen LogP contribution in [0, 0.1) is 0 Å². The minimum absolute atomic E-state index is 0.0558. The van der Waals surface area contributed by atoms with Crippen molar-refractivity contribution in [3.05, 3.63) is 39.0 Å². The molecule has 0 fully saturated rings. The van der Waals surface area contributed by atoms with E-state index < -0.39 is 19.9 Å². The Morgan fingerprint density at radius 1 is 1.05 bits per heavy atom. The van der Waals surface area contributed by atoms with Gasteiger partial charge >= 0.3 is 0 Å². The van der Waals surface area contributed by atoms with Gasteiger partial charge < -0.3 is 0 Å². The first kappa shape index (κ1) is 16.6. The highest BCUT2D eigenvalue weighted by atomic mass is 35.5. The second-order valence-electron chi connectivity index (χ2n) is 4.09. The van der Waals surface area contributed by atoms with E-state index in [-0.39, 0.29) is 24.2 Å². The highest BCUT2D eigenvalue weighted by Gasteiger charge is 2.21. The number of hydrogen-bond acceptors (Lipinski definition) is 5. The number of thiophene rings is 1. The second kappa shape index (κ2) is 5.77. The molecule has 0 aliphatic rings. The molecule has 0 saturated carbocycles. The van der Waals surface area contributed by atoms with Crippen molar-refractivity contribution in [3.63, 3.8) is 0 Å². The van der Waals surface area contributed by atoms with Gasteiger partial charge in [-0.05, 0) is 30.3 Å². The van der Waals surface area contributed by atoms with E-state index in [4.69, 9.17) is 23.2 Å². The Bertz CT molecular complexity index is 871. The summed E-state index contributed by atoms with van der Waals surface area (Å²) in [5.41, 5.74) is 0.223. The Kier molecular flexibility index (Phi) is 4.55. The Balaban J connectivity index is 2.31. The van der Waals surface area contributed by atoms with Crippen molar-refractivity contribution < 1.29 is 16.8 Å². The van der Waals surface area contributed by atoms with Crippen molar-refractivity contribution in [2.24, 2.45) is 0 Å². The van der Waals surface area contributed by atoms with Crippen LogP contribution in [0.4, 0.5) is 5.69 Å². The Morgan fingerprint density at radius 3 is 2.05 bits per heavy atom. The van der Waals surface area contributed by atoms with Crippen molar-refractivity contribution >= 4 is 60.1 Å². The molecule has 114 valence electrons. The van der Waals surface area contributed by atoms with E-state index in [9.17, 15) is 16.8 Å². The van der Waals surface area contributed by atoms with E-state index in [1.165, 1.54) is 30.3 Å². The molecule has 2 aromatic rings. The van der Waals surface area contributed by atoms with Crippen LogP contribution >= 0.6 is 34.5 Å². The summed E-state index contributed by atoms with van der Waals surface area (Å²) in [4.78, 5) is -0.0200. The maximum absolute atomic E-state index is 12.2. The molecular formula is C11H9Cl2NO4S3. The summed E-state index contributed by atoms with van der Waals surface area (Å²) in [6.45, 7) is 0. The normalized spacial score (nSPS) is 12.3. The van der Waals surface area contributed by atoms with Gasteiger partial charge in [-0.15, -0.1) is 11.3 Å². The Labute approximate surface area is 136 Å². The average Bonchev–Trinajstić information content (AvgIpc) is 2.68. The summed E-state index contributed by atoms with van der Waals surface area (Å²) in [6.07, 6.45) is 1.07. The van der Waals surface area contributed by atoms with Gasteiger partial charge in [0.2, 0.25) is 0 Å². The van der Waals surface area contributed by atoms with Crippen LogP contribution in [0.1, 0.15) is 0 Å². The molecule has 0 spiro atoms. The fourth-order valence-electron chi connectivity index (χ4n) is 1.49. The highest BCUT2D eigenvalue weighted by molar-refractivity contribution is 7.93. The molecular weight excluding hydrogens is 377 g/mol. The third kappa shape index (κ3) is 3.89. The molecule has 0 bridgehead atoms. The minimum Gasteiger partial charge on any atom is -0.280 e. The maximum atomic E-state index is 12.2. The molecule has 10 heteroatoms. The molecule has 0 aliphatic heterocycles. The molecule has 1 heterocycles. The van der Waals surface area contributed by atoms with E-state index in [2.05, 4.69) is 4.72 Å². The van der Waals surface area contributed by atoms with E-state index in [1.54, 1.807) is 0 Å². The lowest BCUT2D eigenvalue weighted by Gasteiger charge is -2.07. The number of benzene rings is 1. The minimum atomic E-state index is -3.88. The molecule has 1 N–H and O–H groups in total. The number of sulfonamides is 1. The van der Waals surface area contributed by atoms with Gasteiger partial charge in [-0.25, -0.2) is 16.8 Å². The fraction of sp³-hybridized carbons (Fsp3) is 0.0909. The van der Waals surface area contributed by atoms with Crippen molar-refractivity contribution in [2.75, 3.05) is 11.0 Å². The van der Waals surface area contributed by atoms with Crippen LogP contribution in [0.25, 0.3) is 0 Å². The van der Waals surface area contributed by atoms with E-state index in [0.717, 1.165) is 17.6 Å². The summed E-state index contributed by atoms with van der Waals surface area (Å²) in [5.74, 6) is 0. The lowest BCUT2D eigenvalue weighted by Crippen LogP contribution is -2.12. The molecule has 0 aliphatic carbocycles. The summed E-state index contributed by atoms with van der Waals surface area (Å²) in [7, 11) is -7.21. The van der Waals surface area contributed by atoms with Gasteiger partial charge in [-0.2, -0.15) is 0 Å². The van der Waals surface area contributed by atoms with Gasteiger partial charge in [0.1, 0.15) is 9.23 Å².